The zero-order valence-electron chi connectivity index (χ0n) is 19.2. The van der Waals surface area contributed by atoms with Gasteiger partial charge in [0.1, 0.15) is 17.8 Å². The van der Waals surface area contributed by atoms with Crippen molar-refractivity contribution in [1.82, 2.24) is 0 Å². The van der Waals surface area contributed by atoms with Crippen molar-refractivity contribution in [3.05, 3.63) is 34.4 Å². The molecule has 0 amide bonds. The van der Waals surface area contributed by atoms with Crippen LogP contribution in [0.15, 0.2) is 27.6 Å². The molecule has 32 heavy (non-hydrogen) atoms. The lowest BCUT2D eigenvalue weighted by molar-refractivity contribution is -0.158. The first-order chi connectivity index (χ1) is 15.2. The molecule has 1 N–H and O–H groups in total. The second-order valence-electron chi connectivity index (χ2n) is 11.6. The van der Waals surface area contributed by atoms with Gasteiger partial charge in [-0.1, -0.05) is 13.8 Å². The van der Waals surface area contributed by atoms with Crippen LogP contribution in [0.5, 0.6) is 0 Å². The van der Waals surface area contributed by atoms with E-state index in [1.54, 1.807) is 6.26 Å². The first kappa shape index (κ1) is 20.9. The molecule has 1 saturated heterocycles. The van der Waals surface area contributed by atoms with Crippen LogP contribution in [0.25, 0.3) is 0 Å². The van der Waals surface area contributed by atoms with Gasteiger partial charge in [-0.2, -0.15) is 0 Å². The molecule has 5 aliphatic rings. The lowest BCUT2D eigenvalue weighted by Gasteiger charge is -2.61. The molecule has 5 fully saturated rings. The second kappa shape index (κ2) is 6.69. The second-order valence-corrected chi connectivity index (χ2v) is 11.6. The summed E-state index contributed by atoms with van der Waals surface area (Å²) in [6.07, 6.45) is 8.20. The Bertz CT molecular complexity index is 982. The van der Waals surface area contributed by atoms with E-state index in [9.17, 15) is 14.7 Å². The molecule has 1 aromatic heterocycles. The molecule has 0 bridgehead atoms. The third-order valence-electron chi connectivity index (χ3n) is 10.5. The zero-order valence-corrected chi connectivity index (χ0v) is 19.2. The van der Waals surface area contributed by atoms with Crippen LogP contribution in [0.1, 0.15) is 77.2 Å². The number of esters is 1. The first-order valence-corrected chi connectivity index (χ1v) is 12.3. The highest BCUT2D eigenvalue weighted by Gasteiger charge is 2.84. The molecule has 1 aromatic rings. The molecule has 6 rings (SSSR count). The van der Waals surface area contributed by atoms with Crippen molar-refractivity contribution < 1.29 is 23.8 Å². The molecule has 6 heteroatoms. The van der Waals surface area contributed by atoms with Crippen LogP contribution in [-0.4, -0.2) is 35.0 Å². The summed E-state index contributed by atoms with van der Waals surface area (Å²) in [5.41, 5.74) is 0.319. The highest BCUT2D eigenvalue weighted by atomic mass is 16.7. The van der Waals surface area contributed by atoms with Crippen LogP contribution < -0.4 is 5.63 Å². The van der Waals surface area contributed by atoms with Gasteiger partial charge >= 0.3 is 11.6 Å². The Morgan fingerprint density at radius 3 is 2.66 bits per heavy atom. The molecule has 174 valence electrons. The average Bonchev–Trinajstić information content (AvgIpc) is 3.44. The van der Waals surface area contributed by atoms with Crippen LogP contribution in [0, 0.1) is 28.6 Å². The number of hydrogen-bond acceptors (Lipinski definition) is 6. The van der Waals surface area contributed by atoms with Gasteiger partial charge in [0, 0.05) is 24.3 Å². The smallest absolute Gasteiger partial charge is 0.335 e. The number of carbonyl (C=O) groups is 1. The zero-order chi connectivity index (χ0) is 22.5. The van der Waals surface area contributed by atoms with E-state index < -0.39 is 0 Å². The Morgan fingerprint density at radius 1 is 1.12 bits per heavy atom. The number of fused-ring (bicyclic) bond motifs is 3. The maximum Gasteiger partial charge on any atom is 0.335 e. The third kappa shape index (κ3) is 2.54. The van der Waals surface area contributed by atoms with Crippen molar-refractivity contribution in [1.29, 1.82) is 0 Å². The van der Waals surface area contributed by atoms with Crippen molar-refractivity contribution in [2.24, 2.45) is 28.6 Å². The number of hydrogen-bond donors (Lipinski definition) is 1. The predicted octanol–water partition coefficient (Wildman–Crippen LogP) is 3.80. The summed E-state index contributed by atoms with van der Waals surface area (Å²) >= 11 is 0. The van der Waals surface area contributed by atoms with E-state index in [-0.39, 0.29) is 52.3 Å². The first-order valence-electron chi connectivity index (χ1n) is 12.3. The summed E-state index contributed by atoms with van der Waals surface area (Å²) < 4.78 is 17.8. The standard InChI is InChI=1S/C26H34O6/c1-14(27)31-22-21(15-4-7-20(29)30-13-15)25(3)11-9-18-19(26(25)23(22)32-26)6-5-16-12-17(28)8-10-24(16,18)2/h4,7,13,16-19,21-23,28H,5-6,8-12H2,1-3H3/t16-,17-,18+,19?,21+,22-,23-,24+,25-,26?/m1/s1. The minimum Gasteiger partial charge on any atom is -0.459 e. The van der Waals surface area contributed by atoms with Crippen molar-refractivity contribution in [3.8, 4) is 0 Å². The lowest BCUT2D eigenvalue weighted by atomic mass is 9.44. The van der Waals surface area contributed by atoms with Gasteiger partial charge in [-0.15, -0.1) is 0 Å². The lowest BCUT2D eigenvalue weighted by Crippen LogP contribution is -2.58. The highest BCUT2D eigenvalue weighted by Crippen LogP contribution is 2.78. The number of carbonyl (C=O) groups excluding carboxylic acids is 1. The van der Waals surface area contributed by atoms with E-state index in [0.29, 0.717) is 17.8 Å². The molecule has 1 aliphatic heterocycles. The Morgan fingerprint density at radius 2 is 1.94 bits per heavy atom. The van der Waals surface area contributed by atoms with E-state index in [4.69, 9.17) is 13.9 Å². The Hall–Kier alpha value is -1.66. The van der Waals surface area contributed by atoms with E-state index in [1.807, 2.05) is 6.07 Å². The van der Waals surface area contributed by atoms with Crippen LogP contribution in [0.2, 0.25) is 0 Å². The van der Waals surface area contributed by atoms with Crippen molar-refractivity contribution >= 4 is 5.97 Å². The van der Waals surface area contributed by atoms with Gasteiger partial charge < -0.3 is 19.0 Å². The fourth-order valence-corrected chi connectivity index (χ4v) is 9.10. The summed E-state index contributed by atoms with van der Waals surface area (Å²) in [7, 11) is 0. The molecular weight excluding hydrogens is 408 g/mol. The molecule has 2 unspecified atom stereocenters. The molecule has 0 radical (unpaired) electrons. The molecule has 2 heterocycles. The summed E-state index contributed by atoms with van der Waals surface area (Å²) in [6.45, 7) is 6.23. The number of aliphatic hydroxyl groups excluding tert-OH is 1. The summed E-state index contributed by atoms with van der Waals surface area (Å²) in [5.74, 6) is 1.24. The maximum atomic E-state index is 12.1. The van der Waals surface area contributed by atoms with Crippen LogP contribution >= 0.6 is 0 Å². The SMILES string of the molecule is CC(=O)O[C@H]1[C@H]2OC23C2CC[C@@H]4C[C@H](O)CC[C@]4(C)[C@H]2CC[C@]3(C)[C@H]1c1ccc(=O)oc1. The van der Waals surface area contributed by atoms with Crippen LogP contribution in [0.4, 0.5) is 0 Å². The Labute approximate surface area is 188 Å². The molecule has 10 atom stereocenters. The van der Waals surface area contributed by atoms with Gasteiger partial charge in [0.2, 0.25) is 0 Å². The van der Waals surface area contributed by atoms with E-state index in [1.165, 1.54) is 13.0 Å². The van der Waals surface area contributed by atoms with Crippen LogP contribution in [-0.2, 0) is 14.3 Å². The normalized spacial score (nSPS) is 51.1. The van der Waals surface area contributed by atoms with Crippen molar-refractivity contribution in [2.75, 3.05) is 0 Å². The molecule has 0 aromatic carbocycles. The largest absolute Gasteiger partial charge is 0.459 e. The molecule has 4 saturated carbocycles. The molecular formula is C26H34O6. The van der Waals surface area contributed by atoms with Gasteiger partial charge in [0.15, 0.2) is 0 Å². The molecule has 4 aliphatic carbocycles. The number of rotatable bonds is 2. The van der Waals surface area contributed by atoms with Gasteiger partial charge in [-0.05, 0) is 79.7 Å². The van der Waals surface area contributed by atoms with Gasteiger partial charge in [0.25, 0.3) is 0 Å². The number of epoxide rings is 1. The summed E-state index contributed by atoms with van der Waals surface area (Å²) in [5, 5.41) is 10.3. The van der Waals surface area contributed by atoms with E-state index in [0.717, 1.165) is 50.5 Å². The minimum absolute atomic E-state index is 0.0471. The fourth-order valence-electron chi connectivity index (χ4n) is 9.10. The van der Waals surface area contributed by atoms with Crippen molar-refractivity contribution in [3.63, 3.8) is 0 Å². The predicted molar refractivity (Wildman–Crippen MR) is 116 cm³/mol. The number of aliphatic hydroxyl groups is 1. The van der Waals surface area contributed by atoms with Crippen molar-refractivity contribution in [2.45, 2.75) is 95.5 Å². The summed E-state index contributed by atoms with van der Waals surface area (Å²) in [6, 6.07) is 3.30. The molecule has 6 nitrogen and oxygen atoms in total. The van der Waals surface area contributed by atoms with Gasteiger partial charge in [0.05, 0.1) is 12.4 Å². The fraction of sp³-hybridized carbons (Fsp3) is 0.769. The Balaban J connectivity index is 1.41. The average molecular weight is 443 g/mol. The highest BCUT2D eigenvalue weighted by molar-refractivity contribution is 5.66. The topological polar surface area (TPSA) is 89.3 Å². The minimum atomic E-state index is -0.369. The van der Waals surface area contributed by atoms with E-state index >= 15 is 0 Å². The monoisotopic (exact) mass is 442 g/mol. The quantitative estimate of drug-likeness (QED) is 0.554. The van der Waals surface area contributed by atoms with Crippen LogP contribution in [0.3, 0.4) is 0 Å². The maximum absolute atomic E-state index is 12.1. The number of ether oxygens (including phenoxy) is 2. The van der Waals surface area contributed by atoms with Gasteiger partial charge in [-0.25, -0.2) is 4.79 Å². The van der Waals surface area contributed by atoms with Gasteiger partial charge in [-0.3, -0.25) is 4.79 Å². The third-order valence-corrected chi connectivity index (χ3v) is 10.5. The van der Waals surface area contributed by atoms with E-state index in [2.05, 4.69) is 13.8 Å². The molecule has 1 spiro atoms. The Kier molecular flexibility index (Phi) is 4.37. The summed E-state index contributed by atoms with van der Waals surface area (Å²) in [4.78, 5) is 23.7.